The second-order valence-corrected chi connectivity index (χ2v) is 7.10. The molecule has 1 aliphatic heterocycles. The van der Waals surface area contributed by atoms with Crippen LogP contribution >= 0.6 is 12.6 Å². The summed E-state index contributed by atoms with van der Waals surface area (Å²) in [4.78, 5) is 2.71. The molecule has 2 aromatic rings. The summed E-state index contributed by atoms with van der Waals surface area (Å²) in [5, 5.41) is 1.53. The Morgan fingerprint density at radius 1 is 1.33 bits per heavy atom. The summed E-state index contributed by atoms with van der Waals surface area (Å²) >= 11 is 4.50. The highest BCUT2D eigenvalue weighted by Gasteiger charge is 2.39. The van der Waals surface area contributed by atoms with Crippen LogP contribution in [0, 0.1) is 5.92 Å². The van der Waals surface area contributed by atoms with Crippen LogP contribution in [-0.4, -0.2) is 28.6 Å². The number of benzene rings is 1. The normalized spacial score (nSPS) is 28.8. The SMILES string of the molecule is CCN1C[C@H](C)C[C@@H]2c3cccc4c3c(cn4CS)C[C@H]21. The van der Waals surface area contributed by atoms with E-state index in [4.69, 9.17) is 0 Å². The number of thiol groups is 1. The molecule has 1 saturated heterocycles. The van der Waals surface area contributed by atoms with Gasteiger partial charge in [0.15, 0.2) is 0 Å². The third-order valence-electron chi connectivity index (χ3n) is 5.54. The number of nitrogens with zero attached hydrogens (tertiary/aromatic N) is 2. The molecule has 2 aliphatic rings. The molecule has 3 atom stereocenters. The monoisotopic (exact) mass is 300 g/mol. The van der Waals surface area contributed by atoms with Crippen molar-refractivity contribution in [2.45, 2.75) is 44.5 Å². The third-order valence-corrected chi connectivity index (χ3v) is 5.84. The first-order valence-electron chi connectivity index (χ1n) is 8.18. The van der Waals surface area contributed by atoms with Crippen molar-refractivity contribution >= 4 is 23.5 Å². The van der Waals surface area contributed by atoms with E-state index in [2.05, 4.69) is 60.3 Å². The van der Waals surface area contributed by atoms with Crippen molar-refractivity contribution in [1.82, 2.24) is 9.47 Å². The van der Waals surface area contributed by atoms with Gasteiger partial charge in [0, 0.05) is 35.6 Å². The lowest BCUT2D eigenvalue weighted by atomic mass is 9.72. The van der Waals surface area contributed by atoms with Gasteiger partial charge in [-0.2, -0.15) is 12.6 Å². The summed E-state index contributed by atoms with van der Waals surface area (Å²) in [5.74, 6) is 2.28. The van der Waals surface area contributed by atoms with E-state index in [1.807, 2.05) is 0 Å². The highest BCUT2D eigenvalue weighted by molar-refractivity contribution is 7.79. The van der Waals surface area contributed by atoms with Crippen LogP contribution in [0.2, 0.25) is 0 Å². The van der Waals surface area contributed by atoms with E-state index < -0.39 is 0 Å². The van der Waals surface area contributed by atoms with E-state index in [9.17, 15) is 0 Å². The maximum atomic E-state index is 4.50. The zero-order valence-corrected chi connectivity index (χ0v) is 13.8. The summed E-state index contributed by atoms with van der Waals surface area (Å²) in [6.45, 7) is 7.15. The number of hydrogen-bond donors (Lipinski definition) is 1. The minimum Gasteiger partial charge on any atom is -0.338 e. The Balaban J connectivity index is 1.89. The molecule has 1 aliphatic carbocycles. The van der Waals surface area contributed by atoms with Gasteiger partial charge in [0.1, 0.15) is 0 Å². The molecular weight excluding hydrogens is 276 g/mol. The quantitative estimate of drug-likeness (QED) is 0.827. The Hall–Kier alpha value is -0.930. The zero-order chi connectivity index (χ0) is 14.6. The van der Waals surface area contributed by atoms with Crippen molar-refractivity contribution < 1.29 is 0 Å². The summed E-state index contributed by atoms with van der Waals surface area (Å²) in [5.41, 5.74) is 4.49. The van der Waals surface area contributed by atoms with Crippen LogP contribution in [0.15, 0.2) is 24.4 Å². The van der Waals surface area contributed by atoms with Gasteiger partial charge in [0.25, 0.3) is 0 Å². The number of likely N-dealkylation sites (tertiary alicyclic amines) is 1. The van der Waals surface area contributed by atoms with Crippen molar-refractivity contribution in [3.05, 3.63) is 35.5 Å². The number of piperidine rings is 1. The molecule has 4 rings (SSSR count). The Kier molecular flexibility index (Phi) is 3.31. The van der Waals surface area contributed by atoms with Crippen molar-refractivity contribution in [3.8, 4) is 0 Å². The standard InChI is InChI=1S/C18H24N2S/c1-3-19-9-12(2)7-15-14-5-4-6-16-18(14)13(8-17(15)19)10-20(16)11-21/h4-6,10,12,15,17,21H,3,7-9,11H2,1-2H3/t12-,15-,17-/m1/s1. The van der Waals surface area contributed by atoms with Gasteiger partial charge in [-0.3, -0.25) is 4.90 Å². The molecule has 1 aromatic carbocycles. The molecule has 1 fully saturated rings. The van der Waals surface area contributed by atoms with E-state index in [1.54, 1.807) is 5.56 Å². The summed E-state index contributed by atoms with van der Waals surface area (Å²) in [6, 6.07) is 7.56. The third kappa shape index (κ3) is 1.97. The molecule has 21 heavy (non-hydrogen) atoms. The first-order chi connectivity index (χ1) is 10.2. The number of fused-ring (bicyclic) bond motifs is 2. The molecule has 0 saturated carbocycles. The van der Waals surface area contributed by atoms with Gasteiger partial charge in [-0.1, -0.05) is 26.0 Å². The molecular formula is C18H24N2S. The van der Waals surface area contributed by atoms with Gasteiger partial charge in [0.05, 0.1) is 5.88 Å². The molecule has 0 unspecified atom stereocenters. The summed E-state index contributed by atoms with van der Waals surface area (Å²) in [7, 11) is 0. The fourth-order valence-electron chi connectivity index (χ4n) is 4.70. The van der Waals surface area contributed by atoms with E-state index in [0.717, 1.165) is 11.8 Å². The fourth-order valence-corrected chi connectivity index (χ4v) is 4.93. The lowest BCUT2D eigenvalue weighted by Gasteiger charge is -2.46. The van der Waals surface area contributed by atoms with Crippen molar-refractivity contribution in [2.24, 2.45) is 5.92 Å². The molecule has 0 amide bonds. The molecule has 0 radical (unpaired) electrons. The predicted molar refractivity (Wildman–Crippen MR) is 92.2 cm³/mol. The Bertz CT molecular complexity index is 675. The van der Waals surface area contributed by atoms with Crippen molar-refractivity contribution in [2.75, 3.05) is 13.1 Å². The van der Waals surface area contributed by atoms with Crippen LogP contribution < -0.4 is 0 Å². The van der Waals surface area contributed by atoms with Crippen LogP contribution in [0.4, 0.5) is 0 Å². The number of aromatic nitrogens is 1. The topological polar surface area (TPSA) is 8.17 Å². The average Bonchev–Trinajstić information content (AvgIpc) is 2.87. The van der Waals surface area contributed by atoms with Crippen molar-refractivity contribution in [1.29, 1.82) is 0 Å². The van der Waals surface area contributed by atoms with Gasteiger partial charge >= 0.3 is 0 Å². The first kappa shape index (κ1) is 13.7. The van der Waals surface area contributed by atoms with Crippen LogP contribution in [0.5, 0.6) is 0 Å². The summed E-state index contributed by atoms with van der Waals surface area (Å²) < 4.78 is 2.30. The number of hydrogen-bond acceptors (Lipinski definition) is 2. The minimum atomic E-state index is 0.695. The Morgan fingerprint density at radius 3 is 2.95 bits per heavy atom. The molecule has 2 heterocycles. The molecule has 112 valence electrons. The number of rotatable bonds is 2. The van der Waals surface area contributed by atoms with E-state index in [1.165, 1.54) is 42.4 Å². The largest absolute Gasteiger partial charge is 0.338 e. The first-order valence-corrected chi connectivity index (χ1v) is 8.81. The Morgan fingerprint density at radius 2 is 2.19 bits per heavy atom. The fraction of sp³-hybridized carbons (Fsp3) is 0.556. The lowest BCUT2D eigenvalue weighted by molar-refractivity contribution is 0.0968. The lowest BCUT2D eigenvalue weighted by Crippen LogP contribution is -2.49. The van der Waals surface area contributed by atoms with Gasteiger partial charge < -0.3 is 4.57 Å². The highest BCUT2D eigenvalue weighted by atomic mass is 32.1. The van der Waals surface area contributed by atoms with E-state index in [0.29, 0.717) is 12.0 Å². The highest BCUT2D eigenvalue weighted by Crippen LogP contribution is 2.45. The predicted octanol–water partition coefficient (Wildman–Crippen LogP) is 3.90. The Labute approximate surface area is 132 Å². The van der Waals surface area contributed by atoms with Crippen LogP contribution in [0.1, 0.15) is 37.3 Å². The van der Waals surface area contributed by atoms with Gasteiger partial charge in [-0.05, 0) is 42.5 Å². The molecule has 2 nitrogen and oxygen atoms in total. The molecule has 1 aromatic heterocycles. The van der Waals surface area contributed by atoms with Crippen LogP contribution in [0.3, 0.4) is 0 Å². The zero-order valence-electron chi connectivity index (χ0n) is 12.9. The van der Waals surface area contributed by atoms with Gasteiger partial charge in [-0.25, -0.2) is 0 Å². The second-order valence-electron chi connectivity index (χ2n) is 6.81. The molecule has 3 heteroatoms. The van der Waals surface area contributed by atoms with Crippen LogP contribution in [-0.2, 0) is 12.3 Å². The minimum absolute atomic E-state index is 0.695. The van der Waals surface area contributed by atoms with Crippen molar-refractivity contribution in [3.63, 3.8) is 0 Å². The summed E-state index contributed by atoms with van der Waals surface area (Å²) in [6.07, 6.45) is 4.88. The van der Waals surface area contributed by atoms with Gasteiger partial charge in [0.2, 0.25) is 0 Å². The van der Waals surface area contributed by atoms with Gasteiger partial charge in [-0.15, -0.1) is 0 Å². The molecule has 0 spiro atoms. The molecule has 0 N–H and O–H groups in total. The second kappa shape index (κ2) is 5.06. The van der Waals surface area contributed by atoms with E-state index in [-0.39, 0.29) is 0 Å². The van der Waals surface area contributed by atoms with Crippen LogP contribution in [0.25, 0.3) is 10.9 Å². The number of likely N-dealkylation sites (N-methyl/N-ethyl adjacent to an activating group) is 1. The maximum Gasteiger partial charge on any atom is 0.0653 e. The maximum absolute atomic E-state index is 4.50. The smallest absolute Gasteiger partial charge is 0.0653 e. The average molecular weight is 300 g/mol. The van der Waals surface area contributed by atoms with E-state index >= 15 is 0 Å². The molecule has 0 bridgehead atoms.